The van der Waals surface area contributed by atoms with Crippen LogP contribution in [-0.4, -0.2) is 39.4 Å². The van der Waals surface area contributed by atoms with Crippen LogP contribution in [0.25, 0.3) is 0 Å². The molecular formula is C16H26N2O2S. The normalized spacial score (nSPS) is 15.6. The van der Waals surface area contributed by atoms with Gasteiger partial charge < -0.3 is 5.32 Å². The second-order valence-electron chi connectivity index (χ2n) is 5.87. The van der Waals surface area contributed by atoms with E-state index in [9.17, 15) is 8.42 Å². The van der Waals surface area contributed by atoms with E-state index in [-0.39, 0.29) is 0 Å². The fourth-order valence-corrected chi connectivity index (χ4v) is 3.55. The van der Waals surface area contributed by atoms with Crippen molar-refractivity contribution in [3.8, 4) is 0 Å². The van der Waals surface area contributed by atoms with Crippen LogP contribution in [0, 0.1) is 5.92 Å². The van der Waals surface area contributed by atoms with E-state index in [2.05, 4.69) is 12.2 Å². The van der Waals surface area contributed by atoms with Crippen LogP contribution in [0.2, 0.25) is 0 Å². The molecule has 21 heavy (non-hydrogen) atoms. The van der Waals surface area contributed by atoms with Gasteiger partial charge in [-0.2, -0.15) is 0 Å². The monoisotopic (exact) mass is 310 g/mol. The fourth-order valence-electron chi connectivity index (χ4n) is 2.30. The van der Waals surface area contributed by atoms with Crippen molar-refractivity contribution in [1.29, 1.82) is 0 Å². The van der Waals surface area contributed by atoms with Crippen molar-refractivity contribution < 1.29 is 8.42 Å². The molecule has 0 unspecified atom stereocenters. The molecule has 4 nitrogen and oxygen atoms in total. The number of hydrogen-bond acceptors (Lipinski definition) is 3. The van der Waals surface area contributed by atoms with Crippen LogP contribution >= 0.6 is 0 Å². The quantitative estimate of drug-likeness (QED) is 0.712. The fraction of sp³-hybridized carbons (Fsp3) is 0.625. The predicted molar refractivity (Wildman–Crippen MR) is 85.8 cm³/mol. The smallest absolute Gasteiger partial charge is 0.242 e. The Balaban J connectivity index is 1.93. The molecule has 1 fully saturated rings. The second kappa shape index (κ2) is 7.38. The van der Waals surface area contributed by atoms with E-state index in [1.165, 1.54) is 9.87 Å². The highest BCUT2D eigenvalue weighted by Crippen LogP contribution is 2.30. The van der Waals surface area contributed by atoms with Crippen molar-refractivity contribution in [1.82, 2.24) is 9.62 Å². The number of nitrogens with zero attached hydrogens (tertiary/aromatic N) is 1. The maximum absolute atomic E-state index is 12.4. The minimum Gasteiger partial charge on any atom is -0.316 e. The van der Waals surface area contributed by atoms with E-state index in [0.717, 1.165) is 38.8 Å². The summed E-state index contributed by atoms with van der Waals surface area (Å²) in [4.78, 5) is 0.399. The average Bonchev–Trinajstić information content (AvgIpc) is 3.28. The third-order valence-electron chi connectivity index (χ3n) is 3.86. The lowest BCUT2D eigenvalue weighted by Gasteiger charge is -2.17. The van der Waals surface area contributed by atoms with E-state index >= 15 is 0 Å². The molecule has 0 radical (unpaired) electrons. The second-order valence-corrected chi connectivity index (χ2v) is 7.92. The molecule has 1 saturated carbocycles. The highest BCUT2D eigenvalue weighted by molar-refractivity contribution is 7.89. The molecule has 1 aromatic carbocycles. The Hall–Kier alpha value is -0.910. The third kappa shape index (κ3) is 4.80. The zero-order chi connectivity index (χ0) is 15.3. The van der Waals surface area contributed by atoms with Gasteiger partial charge in [-0.25, -0.2) is 12.7 Å². The van der Waals surface area contributed by atoms with Crippen molar-refractivity contribution >= 4 is 10.0 Å². The van der Waals surface area contributed by atoms with Gasteiger partial charge in [0.25, 0.3) is 0 Å². The minimum absolute atomic E-state index is 0.399. The molecule has 1 aromatic rings. The van der Waals surface area contributed by atoms with Crippen LogP contribution < -0.4 is 5.32 Å². The van der Waals surface area contributed by atoms with Crippen molar-refractivity contribution in [3.63, 3.8) is 0 Å². The molecule has 0 aliphatic heterocycles. The molecular weight excluding hydrogens is 284 g/mol. The van der Waals surface area contributed by atoms with Crippen LogP contribution in [0.3, 0.4) is 0 Å². The Bertz CT molecular complexity index is 536. The molecule has 2 rings (SSSR count). The topological polar surface area (TPSA) is 49.4 Å². The number of hydrogen-bond donors (Lipinski definition) is 1. The Labute approximate surface area is 128 Å². The number of nitrogens with one attached hydrogen (secondary N) is 1. The Morgan fingerprint density at radius 1 is 1.19 bits per heavy atom. The summed E-state index contributed by atoms with van der Waals surface area (Å²) in [5.41, 5.74) is 1.17. The molecule has 0 aromatic heterocycles. The molecule has 118 valence electrons. The summed E-state index contributed by atoms with van der Waals surface area (Å²) in [6.07, 6.45) is 4.37. The summed E-state index contributed by atoms with van der Waals surface area (Å²) >= 11 is 0. The van der Waals surface area contributed by atoms with Gasteiger partial charge in [-0.05, 0) is 62.4 Å². The van der Waals surface area contributed by atoms with E-state index in [1.807, 2.05) is 12.1 Å². The first-order valence-corrected chi connectivity index (χ1v) is 9.24. The van der Waals surface area contributed by atoms with Gasteiger partial charge in [0, 0.05) is 13.6 Å². The molecule has 1 aliphatic rings. The molecule has 0 heterocycles. The Kier molecular flexibility index (Phi) is 5.79. The maximum atomic E-state index is 12.4. The SMILES string of the molecule is CCCNCCc1ccc(S(=O)(=O)N(C)CC2CC2)cc1. The van der Waals surface area contributed by atoms with Crippen molar-refractivity contribution in [2.24, 2.45) is 5.92 Å². The van der Waals surface area contributed by atoms with Gasteiger partial charge >= 0.3 is 0 Å². The van der Waals surface area contributed by atoms with Crippen molar-refractivity contribution in [2.45, 2.75) is 37.5 Å². The van der Waals surface area contributed by atoms with Crippen molar-refractivity contribution in [2.75, 3.05) is 26.7 Å². The first-order chi connectivity index (χ1) is 10.0. The summed E-state index contributed by atoms with van der Waals surface area (Å²) in [5, 5.41) is 3.35. The molecule has 5 heteroatoms. The predicted octanol–water partition coefficient (Wildman–Crippen LogP) is 2.26. The largest absolute Gasteiger partial charge is 0.316 e. The average molecular weight is 310 g/mol. The third-order valence-corrected chi connectivity index (χ3v) is 5.70. The zero-order valence-corrected chi connectivity index (χ0v) is 13.8. The number of rotatable bonds is 9. The Morgan fingerprint density at radius 3 is 2.43 bits per heavy atom. The van der Waals surface area contributed by atoms with E-state index in [4.69, 9.17) is 0 Å². The lowest BCUT2D eigenvalue weighted by Crippen LogP contribution is -2.28. The molecule has 1 aliphatic carbocycles. The van der Waals surface area contributed by atoms with E-state index in [0.29, 0.717) is 17.4 Å². The standard InChI is InChI=1S/C16H26N2O2S/c1-3-11-17-12-10-14-6-8-16(9-7-14)21(19,20)18(2)13-15-4-5-15/h6-9,15,17H,3-5,10-13H2,1-2H3. The van der Waals surface area contributed by atoms with Gasteiger partial charge in [-0.15, -0.1) is 0 Å². The van der Waals surface area contributed by atoms with Crippen molar-refractivity contribution in [3.05, 3.63) is 29.8 Å². The molecule has 0 saturated heterocycles. The van der Waals surface area contributed by atoms with Crippen LogP contribution in [0.5, 0.6) is 0 Å². The molecule has 0 bridgehead atoms. The molecule has 0 amide bonds. The van der Waals surface area contributed by atoms with E-state index < -0.39 is 10.0 Å². The first-order valence-electron chi connectivity index (χ1n) is 7.80. The van der Waals surface area contributed by atoms with Gasteiger partial charge in [-0.3, -0.25) is 0 Å². The lowest BCUT2D eigenvalue weighted by molar-refractivity contribution is 0.453. The highest BCUT2D eigenvalue weighted by Gasteiger charge is 2.28. The van der Waals surface area contributed by atoms with Crippen LogP contribution in [0.1, 0.15) is 31.7 Å². The van der Waals surface area contributed by atoms with E-state index in [1.54, 1.807) is 19.2 Å². The summed E-state index contributed by atoms with van der Waals surface area (Å²) in [6, 6.07) is 7.30. The summed E-state index contributed by atoms with van der Waals surface area (Å²) in [7, 11) is -1.65. The van der Waals surface area contributed by atoms with Gasteiger partial charge in [0.15, 0.2) is 0 Å². The zero-order valence-electron chi connectivity index (χ0n) is 13.0. The lowest BCUT2D eigenvalue weighted by atomic mass is 10.1. The number of benzene rings is 1. The van der Waals surface area contributed by atoms with Crippen LogP contribution in [-0.2, 0) is 16.4 Å². The summed E-state index contributed by atoms with van der Waals surface area (Å²) in [6.45, 7) is 4.75. The summed E-state index contributed by atoms with van der Waals surface area (Å²) in [5.74, 6) is 0.564. The molecule has 0 spiro atoms. The van der Waals surface area contributed by atoms with Gasteiger partial charge in [-0.1, -0.05) is 19.1 Å². The maximum Gasteiger partial charge on any atom is 0.242 e. The molecule has 0 atom stereocenters. The van der Waals surface area contributed by atoms with Gasteiger partial charge in [0.2, 0.25) is 10.0 Å². The Morgan fingerprint density at radius 2 is 1.86 bits per heavy atom. The molecule has 1 N–H and O–H groups in total. The first kappa shape index (κ1) is 16.5. The van der Waals surface area contributed by atoms with Crippen LogP contribution in [0.4, 0.5) is 0 Å². The summed E-state index contributed by atoms with van der Waals surface area (Å²) < 4.78 is 26.3. The number of sulfonamides is 1. The van der Waals surface area contributed by atoms with Gasteiger partial charge in [0.1, 0.15) is 0 Å². The van der Waals surface area contributed by atoms with Gasteiger partial charge in [0.05, 0.1) is 4.90 Å². The minimum atomic E-state index is -3.32. The van der Waals surface area contributed by atoms with Crippen LogP contribution in [0.15, 0.2) is 29.2 Å². The highest BCUT2D eigenvalue weighted by atomic mass is 32.2.